The molecule has 0 spiro atoms. The van der Waals surface area contributed by atoms with Crippen LogP contribution in [-0.4, -0.2) is 79.3 Å². The van der Waals surface area contributed by atoms with Crippen LogP contribution in [0.4, 0.5) is 10.2 Å². The van der Waals surface area contributed by atoms with Gasteiger partial charge in [-0.3, -0.25) is 4.79 Å². The number of hydrogen-bond acceptors (Lipinski definition) is 8. The van der Waals surface area contributed by atoms with Crippen LogP contribution in [0.2, 0.25) is 0 Å². The number of sulfonamides is 1. The normalized spacial score (nSPS) is 20.3. The van der Waals surface area contributed by atoms with Crippen LogP contribution in [0.25, 0.3) is 0 Å². The standard InChI is InChI=1S/C31H47FN6O4S/c1-7-43(40,41)36-25-11-8-23(9-12-25)15-33-17-31(6)18-37(19-31)29-28(16-34-20-35-29)42-27-13-10-24(32)14-26(27)30(39)38(21(2)3)22(4)5/h10,13-14,16,20-23,25,33,36H,7-9,11-12,15,17-19H2,1-6H3. The van der Waals surface area contributed by atoms with Crippen LogP contribution < -0.4 is 19.7 Å². The zero-order valence-electron chi connectivity index (χ0n) is 26.3. The van der Waals surface area contributed by atoms with Gasteiger partial charge in [0.2, 0.25) is 10.0 Å². The predicted molar refractivity (Wildman–Crippen MR) is 166 cm³/mol. The summed E-state index contributed by atoms with van der Waals surface area (Å²) in [6.07, 6.45) is 6.82. The number of carbonyl (C=O) groups is 1. The SMILES string of the molecule is CCS(=O)(=O)NC1CCC(CNCC2(C)CN(c3ncncc3Oc3ccc(F)cc3C(=O)N(C(C)C)C(C)C)C2)CC1. The number of hydrogen-bond donors (Lipinski definition) is 2. The summed E-state index contributed by atoms with van der Waals surface area (Å²) in [5.41, 5.74) is 0.203. The molecule has 2 aromatic rings. The lowest BCUT2D eigenvalue weighted by atomic mass is 9.81. The maximum Gasteiger partial charge on any atom is 0.258 e. The minimum Gasteiger partial charge on any atom is -0.451 e. The van der Waals surface area contributed by atoms with E-state index in [0.29, 0.717) is 17.5 Å². The molecule has 2 heterocycles. The summed E-state index contributed by atoms with van der Waals surface area (Å²) in [6, 6.07) is 3.91. The lowest BCUT2D eigenvalue weighted by molar-refractivity contribution is 0.0640. The molecule has 12 heteroatoms. The van der Waals surface area contributed by atoms with Gasteiger partial charge in [-0.2, -0.15) is 0 Å². The number of nitrogens with one attached hydrogen (secondary N) is 2. The zero-order valence-corrected chi connectivity index (χ0v) is 27.1. The Labute approximate surface area is 255 Å². The van der Waals surface area contributed by atoms with Crippen LogP contribution in [0.5, 0.6) is 11.5 Å². The highest BCUT2D eigenvalue weighted by atomic mass is 32.2. The van der Waals surface area contributed by atoms with Gasteiger partial charge in [-0.25, -0.2) is 27.5 Å². The summed E-state index contributed by atoms with van der Waals surface area (Å²) in [5, 5.41) is 3.65. The van der Waals surface area contributed by atoms with Crippen molar-refractivity contribution in [1.29, 1.82) is 0 Å². The number of aromatic nitrogens is 2. The molecule has 2 fully saturated rings. The molecule has 0 bridgehead atoms. The molecule has 4 rings (SSSR count). The van der Waals surface area contributed by atoms with Crippen molar-refractivity contribution in [1.82, 2.24) is 24.9 Å². The van der Waals surface area contributed by atoms with Gasteiger partial charge in [-0.05, 0) is 91.0 Å². The molecule has 0 atom stereocenters. The first-order valence-corrected chi connectivity index (χ1v) is 17.0. The first kappa shape index (κ1) is 33.1. The molecule has 1 saturated heterocycles. The van der Waals surface area contributed by atoms with Gasteiger partial charge in [-0.1, -0.05) is 6.92 Å². The van der Waals surface area contributed by atoms with Crippen molar-refractivity contribution in [3.8, 4) is 11.5 Å². The molecule has 2 aliphatic rings. The minimum atomic E-state index is -3.16. The number of nitrogens with zero attached hydrogens (tertiary/aromatic N) is 4. The van der Waals surface area contributed by atoms with Crippen LogP contribution in [0.3, 0.4) is 0 Å². The average molecular weight is 619 g/mol. The number of anilines is 1. The number of ether oxygens (including phenoxy) is 1. The van der Waals surface area contributed by atoms with Crippen LogP contribution in [0.15, 0.2) is 30.7 Å². The van der Waals surface area contributed by atoms with Crippen molar-refractivity contribution in [2.75, 3.05) is 36.8 Å². The van der Waals surface area contributed by atoms with E-state index in [1.807, 2.05) is 27.7 Å². The van der Waals surface area contributed by atoms with Crippen molar-refractivity contribution in [2.45, 2.75) is 85.4 Å². The molecular weight excluding hydrogens is 571 g/mol. The first-order chi connectivity index (χ1) is 20.3. The van der Waals surface area contributed by atoms with Gasteiger partial charge in [0.1, 0.15) is 17.9 Å². The first-order valence-electron chi connectivity index (χ1n) is 15.4. The second kappa shape index (κ2) is 13.9. The molecule has 238 valence electrons. The molecule has 1 aliphatic heterocycles. The molecule has 1 aromatic heterocycles. The van der Waals surface area contributed by atoms with E-state index in [4.69, 9.17) is 4.74 Å². The van der Waals surface area contributed by atoms with Crippen LogP contribution in [0.1, 0.15) is 77.6 Å². The number of carbonyl (C=O) groups excluding carboxylic acids is 1. The van der Waals surface area contributed by atoms with Crippen LogP contribution in [0, 0.1) is 17.2 Å². The lowest BCUT2D eigenvalue weighted by Gasteiger charge is -2.49. The summed E-state index contributed by atoms with van der Waals surface area (Å²) >= 11 is 0. The third-order valence-corrected chi connectivity index (χ3v) is 9.85. The van der Waals surface area contributed by atoms with Gasteiger partial charge < -0.3 is 19.9 Å². The topological polar surface area (TPSA) is 117 Å². The van der Waals surface area contributed by atoms with E-state index in [2.05, 4.69) is 31.8 Å². The van der Waals surface area contributed by atoms with E-state index in [1.54, 1.807) is 18.0 Å². The van der Waals surface area contributed by atoms with Crippen LogP contribution >= 0.6 is 0 Å². The van der Waals surface area contributed by atoms with E-state index in [0.717, 1.165) is 51.9 Å². The highest BCUT2D eigenvalue weighted by Crippen LogP contribution is 2.39. The fraction of sp³-hybridized carbons (Fsp3) is 0.645. The van der Waals surface area contributed by atoms with E-state index >= 15 is 0 Å². The van der Waals surface area contributed by atoms with Gasteiger partial charge in [0.15, 0.2) is 11.6 Å². The highest BCUT2D eigenvalue weighted by molar-refractivity contribution is 7.89. The minimum absolute atomic E-state index is 0.0439. The van der Waals surface area contributed by atoms with E-state index in [-0.39, 0.29) is 46.5 Å². The van der Waals surface area contributed by atoms with Crippen molar-refractivity contribution in [3.63, 3.8) is 0 Å². The van der Waals surface area contributed by atoms with E-state index in [9.17, 15) is 17.6 Å². The molecular formula is C31H47FN6O4S. The van der Waals surface area contributed by atoms with Gasteiger partial charge >= 0.3 is 0 Å². The molecule has 0 unspecified atom stereocenters. The molecule has 1 saturated carbocycles. The quantitative estimate of drug-likeness (QED) is 0.335. The van der Waals surface area contributed by atoms with Gasteiger partial charge in [0.25, 0.3) is 5.91 Å². The third kappa shape index (κ3) is 8.42. The Hall–Kier alpha value is -2.83. The largest absolute Gasteiger partial charge is 0.451 e. The van der Waals surface area contributed by atoms with E-state index in [1.165, 1.54) is 24.5 Å². The Balaban J connectivity index is 1.34. The molecule has 1 amide bonds. The smallest absolute Gasteiger partial charge is 0.258 e. The highest BCUT2D eigenvalue weighted by Gasteiger charge is 2.40. The van der Waals surface area contributed by atoms with Gasteiger partial charge in [0, 0.05) is 43.2 Å². The van der Waals surface area contributed by atoms with Crippen molar-refractivity contribution in [2.24, 2.45) is 11.3 Å². The molecule has 1 aliphatic carbocycles. The Morgan fingerprint density at radius 1 is 1.14 bits per heavy atom. The second-order valence-corrected chi connectivity index (χ2v) is 14.9. The van der Waals surface area contributed by atoms with E-state index < -0.39 is 15.8 Å². The third-order valence-electron chi connectivity index (χ3n) is 8.40. The molecule has 0 radical (unpaired) electrons. The van der Waals surface area contributed by atoms with Gasteiger partial charge in [-0.15, -0.1) is 0 Å². The summed E-state index contributed by atoms with van der Waals surface area (Å²) in [4.78, 5) is 25.9. The maximum atomic E-state index is 14.3. The predicted octanol–water partition coefficient (Wildman–Crippen LogP) is 4.58. The summed E-state index contributed by atoms with van der Waals surface area (Å²) in [6.45, 7) is 14.9. The summed E-state index contributed by atoms with van der Waals surface area (Å²) in [7, 11) is -3.16. The van der Waals surface area contributed by atoms with Gasteiger partial charge in [0.05, 0.1) is 17.5 Å². The monoisotopic (exact) mass is 618 g/mol. The van der Waals surface area contributed by atoms with Crippen molar-refractivity contribution in [3.05, 3.63) is 42.1 Å². The summed E-state index contributed by atoms with van der Waals surface area (Å²) in [5.74, 6) is 1.16. The zero-order chi connectivity index (χ0) is 31.4. The fourth-order valence-corrected chi connectivity index (χ4v) is 7.15. The Kier molecular flexibility index (Phi) is 10.7. The number of halogens is 1. The summed E-state index contributed by atoms with van der Waals surface area (Å²) < 4.78 is 47.1. The second-order valence-electron chi connectivity index (χ2n) is 12.9. The molecule has 10 nitrogen and oxygen atoms in total. The Bertz CT molecular complexity index is 1350. The average Bonchev–Trinajstić information content (AvgIpc) is 2.93. The number of benzene rings is 1. The fourth-order valence-electron chi connectivity index (χ4n) is 6.24. The molecule has 43 heavy (non-hydrogen) atoms. The van der Waals surface area contributed by atoms with Crippen molar-refractivity contribution >= 4 is 21.7 Å². The maximum absolute atomic E-state index is 14.3. The number of amides is 1. The number of rotatable bonds is 13. The Morgan fingerprint density at radius 2 is 1.81 bits per heavy atom. The van der Waals surface area contributed by atoms with Crippen molar-refractivity contribution < 1.29 is 22.3 Å². The van der Waals surface area contributed by atoms with Crippen LogP contribution in [-0.2, 0) is 10.0 Å². The Morgan fingerprint density at radius 3 is 2.44 bits per heavy atom. The lowest BCUT2D eigenvalue weighted by Crippen LogP contribution is -2.59. The molecule has 2 N–H and O–H groups in total. The molecule has 1 aromatic carbocycles.